The first-order valence-corrected chi connectivity index (χ1v) is 14.1. The van der Waals surface area contributed by atoms with Gasteiger partial charge in [-0.2, -0.15) is 0 Å². The highest BCUT2D eigenvalue weighted by atomic mass is 16.3. The number of rotatable bonds is 0. The molecule has 0 spiro atoms. The summed E-state index contributed by atoms with van der Waals surface area (Å²) in [6.07, 6.45) is 28.2. The van der Waals surface area contributed by atoms with E-state index < -0.39 is 0 Å². The molecule has 0 bridgehead atoms. The van der Waals surface area contributed by atoms with Gasteiger partial charge in [-0.15, -0.1) is 0 Å². The Balaban J connectivity index is 0.000000180. The van der Waals surface area contributed by atoms with Crippen molar-refractivity contribution in [2.24, 2.45) is 17.8 Å². The number of aliphatic hydroxyl groups is 2. The molecule has 6 rings (SSSR count). The molecule has 0 heterocycles. The molecule has 35 heavy (non-hydrogen) atoms. The summed E-state index contributed by atoms with van der Waals surface area (Å²) in [5.41, 5.74) is 4.55. The maximum absolute atomic E-state index is 11.0. The van der Waals surface area contributed by atoms with Crippen LogP contribution < -0.4 is 0 Å². The van der Waals surface area contributed by atoms with E-state index in [0.717, 1.165) is 43.4 Å². The van der Waals surface area contributed by atoms with E-state index >= 15 is 0 Å². The number of fused-ring (bicyclic) bond motifs is 3. The summed E-state index contributed by atoms with van der Waals surface area (Å²) >= 11 is 0. The number of carbonyl (C=O) groups is 1. The lowest BCUT2D eigenvalue weighted by atomic mass is 9.77. The molecular weight excluding hydrogens is 432 g/mol. The lowest BCUT2D eigenvalue weighted by Gasteiger charge is -2.30. The normalized spacial score (nSPS) is 33.5. The lowest BCUT2D eigenvalue weighted by molar-refractivity contribution is -0.115. The molecule has 0 saturated heterocycles. The fourth-order valence-corrected chi connectivity index (χ4v) is 6.95. The van der Waals surface area contributed by atoms with Crippen LogP contribution in [0.25, 0.3) is 0 Å². The van der Waals surface area contributed by atoms with E-state index in [1.165, 1.54) is 95.5 Å². The molecule has 3 heteroatoms. The lowest BCUT2D eigenvalue weighted by Crippen LogP contribution is -2.20. The van der Waals surface area contributed by atoms with Crippen molar-refractivity contribution in [2.75, 3.05) is 0 Å². The summed E-state index contributed by atoms with van der Waals surface area (Å²) < 4.78 is 0. The van der Waals surface area contributed by atoms with Gasteiger partial charge in [0, 0.05) is 6.42 Å². The first-order valence-electron chi connectivity index (χ1n) is 14.1. The van der Waals surface area contributed by atoms with Crippen molar-refractivity contribution >= 4 is 5.78 Å². The van der Waals surface area contributed by atoms with E-state index in [0.29, 0.717) is 5.78 Å². The van der Waals surface area contributed by atoms with Crippen LogP contribution in [-0.2, 0) is 4.79 Å². The maximum Gasteiger partial charge on any atom is 0.155 e. The van der Waals surface area contributed by atoms with Crippen LogP contribution >= 0.6 is 0 Å². The minimum absolute atomic E-state index is 0. The van der Waals surface area contributed by atoms with Crippen LogP contribution in [0.15, 0.2) is 34.9 Å². The molecule has 0 radical (unpaired) electrons. The Labute approximate surface area is 216 Å². The molecule has 0 aromatic heterocycles. The van der Waals surface area contributed by atoms with E-state index in [1.54, 1.807) is 11.1 Å². The van der Waals surface area contributed by atoms with Gasteiger partial charge in [0.15, 0.2) is 5.78 Å². The topological polar surface area (TPSA) is 57.5 Å². The third-order valence-corrected chi connectivity index (χ3v) is 8.90. The molecule has 200 valence electrons. The molecule has 6 aliphatic rings. The van der Waals surface area contributed by atoms with E-state index in [1.807, 2.05) is 6.08 Å². The Morgan fingerprint density at radius 2 is 0.943 bits per heavy atom. The van der Waals surface area contributed by atoms with Gasteiger partial charge in [-0.25, -0.2) is 0 Å². The van der Waals surface area contributed by atoms with Crippen molar-refractivity contribution in [2.45, 2.75) is 143 Å². The molecule has 3 fully saturated rings. The number of allylic oxidation sites excluding steroid dienone is 4. The summed E-state index contributed by atoms with van der Waals surface area (Å²) in [5.74, 6) is 2.82. The minimum atomic E-state index is -0.126. The van der Waals surface area contributed by atoms with Crippen molar-refractivity contribution in [1.82, 2.24) is 0 Å². The van der Waals surface area contributed by atoms with Gasteiger partial charge in [-0.3, -0.25) is 4.79 Å². The number of hydrogen-bond donors (Lipinski definition) is 2. The highest BCUT2D eigenvalue weighted by Crippen LogP contribution is 2.37. The zero-order chi connectivity index (χ0) is 23.0. The molecule has 0 unspecified atom stereocenters. The predicted octanol–water partition coefficient (Wildman–Crippen LogP) is 8.25. The van der Waals surface area contributed by atoms with Crippen molar-refractivity contribution in [3.8, 4) is 0 Å². The van der Waals surface area contributed by atoms with Gasteiger partial charge in [-0.1, -0.05) is 63.0 Å². The van der Waals surface area contributed by atoms with Gasteiger partial charge < -0.3 is 10.2 Å². The SMILES string of the molecule is C.C.O=C1C=C2CCCC[C@H]2CC1.O[C@@H]1C=C2CCCC[C@H]2CC1.O[C@@H]1C=C2CCCC[C@H]2CC1. The Morgan fingerprint density at radius 1 is 0.514 bits per heavy atom. The van der Waals surface area contributed by atoms with E-state index in [-0.39, 0.29) is 27.1 Å². The Hall–Kier alpha value is -1.19. The zero-order valence-corrected chi connectivity index (χ0v) is 20.6. The van der Waals surface area contributed by atoms with Crippen LogP contribution in [-0.4, -0.2) is 28.2 Å². The first kappa shape index (κ1) is 30.0. The van der Waals surface area contributed by atoms with Gasteiger partial charge >= 0.3 is 0 Å². The molecule has 6 aliphatic carbocycles. The standard InChI is InChI=1S/2C10H16O.C10H14O.2CH4/c3*11-10-6-5-8-3-1-2-4-9(8)7-10;;/h2*7-8,10-11H,1-6H2;7-8H,1-6H2;2*1H4/t2*8-,10-;8-;;/m000../s1. The molecule has 5 atom stereocenters. The van der Waals surface area contributed by atoms with Gasteiger partial charge in [0.2, 0.25) is 0 Å². The number of ketones is 1. The quantitative estimate of drug-likeness (QED) is 0.339. The summed E-state index contributed by atoms with van der Waals surface area (Å²) in [5, 5.41) is 18.7. The van der Waals surface area contributed by atoms with Crippen LogP contribution in [0.4, 0.5) is 0 Å². The molecule has 3 saturated carbocycles. The van der Waals surface area contributed by atoms with Crippen molar-refractivity contribution < 1.29 is 15.0 Å². The monoisotopic (exact) mass is 486 g/mol. The summed E-state index contributed by atoms with van der Waals surface area (Å²) in [4.78, 5) is 11.0. The molecular formula is C32H54O3. The third kappa shape index (κ3) is 9.01. The van der Waals surface area contributed by atoms with E-state index in [4.69, 9.17) is 0 Å². The highest BCUT2D eigenvalue weighted by Gasteiger charge is 2.25. The van der Waals surface area contributed by atoms with Crippen LogP contribution in [0.1, 0.15) is 130 Å². The van der Waals surface area contributed by atoms with Gasteiger partial charge in [-0.05, 0) is 114 Å². The smallest absolute Gasteiger partial charge is 0.155 e. The van der Waals surface area contributed by atoms with Gasteiger partial charge in [0.05, 0.1) is 12.2 Å². The second kappa shape index (κ2) is 15.2. The second-order valence-corrected chi connectivity index (χ2v) is 11.3. The molecule has 0 aromatic rings. The average molecular weight is 487 g/mol. The minimum Gasteiger partial charge on any atom is -0.389 e. The van der Waals surface area contributed by atoms with Crippen LogP contribution in [0.2, 0.25) is 0 Å². The van der Waals surface area contributed by atoms with Crippen LogP contribution in [0.5, 0.6) is 0 Å². The maximum atomic E-state index is 11.0. The average Bonchev–Trinajstić information content (AvgIpc) is 2.84. The van der Waals surface area contributed by atoms with Gasteiger partial charge in [0.1, 0.15) is 0 Å². The highest BCUT2D eigenvalue weighted by molar-refractivity contribution is 5.91. The van der Waals surface area contributed by atoms with Gasteiger partial charge in [0.25, 0.3) is 0 Å². The van der Waals surface area contributed by atoms with Crippen LogP contribution in [0, 0.1) is 17.8 Å². The first-order chi connectivity index (χ1) is 16.1. The molecule has 0 amide bonds. The molecule has 3 nitrogen and oxygen atoms in total. The summed E-state index contributed by atoms with van der Waals surface area (Å²) in [7, 11) is 0. The Morgan fingerprint density at radius 3 is 1.43 bits per heavy atom. The fraction of sp³-hybridized carbons (Fsp3) is 0.781. The zero-order valence-electron chi connectivity index (χ0n) is 20.6. The number of hydrogen-bond acceptors (Lipinski definition) is 3. The Bertz CT molecular complexity index is 706. The largest absolute Gasteiger partial charge is 0.389 e. The summed E-state index contributed by atoms with van der Waals surface area (Å²) in [6, 6.07) is 0. The summed E-state index contributed by atoms with van der Waals surface area (Å²) in [6.45, 7) is 0. The van der Waals surface area contributed by atoms with Crippen molar-refractivity contribution in [1.29, 1.82) is 0 Å². The predicted molar refractivity (Wildman–Crippen MR) is 148 cm³/mol. The molecule has 2 N–H and O–H groups in total. The number of aliphatic hydroxyl groups excluding tert-OH is 2. The molecule has 0 aromatic carbocycles. The second-order valence-electron chi connectivity index (χ2n) is 11.3. The van der Waals surface area contributed by atoms with E-state index in [2.05, 4.69) is 12.2 Å². The third-order valence-electron chi connectivity index (χ3n) is 8.90. The number of carbonyl (C=O) groups excluding carboxylic acids is 1. The Kier molecular flexibility index (Phi) is 13.0. The van der Waals surface area contributed by atoms with E-state index in [9.17, 15) is 15.0 Å². The van der Waals surface area contributed by atoms with Crippen molar-refractivity contribution in [3.63, 3.8) is 0 Å². The van der Waals surface area contributed by atoms with Crippen molar-refractivity contribution in [3.05, 3.63) is 34.9 Å². The fourth-order valence-electron chi connectivity index (χ4n) is 6.95. The molecule has 0 aliphatic heterocycles. The van der Waals surface area contributed by atoms with Crippen LogP contribution in [0.3, 0.4) is 0 Å².